The molecule has 0 radical (unpaired) electrons. The first kappa shape index (κ1) is 16.4. The van der Waals surface area contributed by atoms with Crippen molar-refractivity contribution < 1.29 is 9.72 Å². The van der Waals surface area contributed by atoms with E-state index in [1.165, 1.54) is 31.0 Å². The average molecular weight is 349 g/mol. The predicted octanol–water partition coefficient (Wildman–Crippen LogP) is 2.75. The van der Waals surface area contributed by atoms with Crippen molar-refractivity contribution in [2.24, 2.45) is 0 Å². The number of nitrogens with zero attached hydrogens (tertiary/aromatic N) is 3. The quantitative estimate of drug-likeness (QED) is 0.664. The average Bonchev–Trinajstić information content (AvgIpc) is 2.97. The molecule has 0 saturated heterocycles. The van der Waals surface area contributed by atoms with E-state index in [1.807, 2.05) is 6.20 Å². The summed E-state index contributed by atoms with van der Waals surface area (Å²) in [6.07, 6.45) is 6.05. The van der Waals surface area contributed by atoms with Crippen molar-refractivity contribution in [3.05, 3.63) is 56.6 Å². The van der Waals surface area contributed by atoms with E-state index in [-0.39, 0.29) is 16.6 Å². The van der Waals surface area contributed by atoms with Crippen molar-refractivity contribution in [3.63, 3.8) is 0 Å². The third-order valence-electron chi connectivity index (χ3n) is 4.03. The van der Waals surface area contributed by atoms with Crippen LogP contribution in [0, 0.1) is 10.1 Å². The third-order valence-corrected chi connectivity index (χ3v) is 4.33. The molecule has 7 nitrogen and oxygen atoms in total. The maximum atomic E-state index is 12.1. The lowest BCUT2D eigenvalue weighted by Crippen LogP contribution is -2.25. The lowest BCUT2D eigenvalue weighted by molar-refractivity contribution is -0.384. The number of halogens is 1. The number of nitro groups is 1. The van der Waals surface area contributed by atoms with Gasteiger partial charge in [-0.05, 0) is 25.0 Å². The molecule has 1 aromatic heterocycles. The lowest BCUT2D eigenvalue weighted by atomic mass is 10.2. The van der Waals surface area contributed by atoms with Gasteiger partial charge in [-0.3, -0.25) is 14.9 Å². The van der Waals surface area contributed by atoms with Gasteiger partial charge in [0.2, 0.25) is 0 Å². The predicted molar refractivity (Wildman–Crippen MR) is 89.3 cm³/mol. The third kappa shape index (κ3) is 3.56. The Morgan fingerprint density at radius 1 is 1.42 bits per heavy atom. The minimum atomic E-state index is -0.579. The Morgan fingerprint density at radius 3 is 2.96 bits per heavy atom. The van der Waals surface area contributed by atoms with Gasteiger partial charge < -0.3 is 9.88 Å². The summed E-state index contributed by atoms with van der Waals surface area (Å²) >= 11 is 5.82. The van der Waals surface area contributed by atoms with Crippen LogP contribution < -0.4 is 5.32 Å². The van der Waals surface area contributed by atoms with Gasteiger partial charge in [-0.1, -0.05) is 11.6 Å². The summed E-state index contributed by atoms with van der Waals surface area (Å²) in [5.74, 6) is 0.806. The van der Waals surface area contributed by atoms with Crippen molar-refractivity contribution in [2.75, 3.05) is 6.54 Å². The normalized spacial score (nSPS) is 13.4. The maximum Gasteiger partial charge on any atom is 0.287 e. The van der Waals surface area contributed by atoms with Crippen molar-refractivity contribution in [1.29, 1.82) is 0 Å². The molecule has 0 fully saturated rings. The van der Waals surface area contributed by atoms with E-state index in [9.17, 15) is 14.9 Å². The van der Waals surface area contributed by atoms with Gasteiger partial charge in [0.05, 0.1) is 10.6 Å². The smallest absolute Gasteiger partial charge is 0.287 e. The molecule has 0 aliphatic carbocycles. The van der Waals surface area contributed by atoms with Gasteiger partial charge >= 0.3 is 0 Å². The van der Waals surface area contributed by atoms with Crippen molar-refractivity contribution in [1.82, 2.24) is 14.9 Å². The van der Waals surface area contributed by atoms with Gasteiger partial charge in [0.1, 0.15) is 10.8 Å². The topological polar surface area (TPSA) is 90.1 Å². The fraction of sp³-hybridized carbons (Fsp3) is 0.375. The minimum Gasteiger partial charge on any atom is -0.352 e. The highest BCUT2D eigenvalue weighted by atomic mass is 35.5. The number of carbonyl (C=O) groups excluding carboxylic acids is 1. The molecule has 126 valence electrons. The van der Waals surface area contributed by atoms with Gasteiger partial charge in [-0.25, -0.2) is 4.98 Å². The molecule has 1 aliphatic heterocycles. The fourth-order valence-corrected chi connectivity index (χ4v) is 3.04. The number of imidazole rings is 1. The summed E-state index contributed by atoms with van der Waals surface area (Å²) in [5, 5.41) is 13.5. The van der Waals surface area contributed by atoms with Gasteiger partial charge in [0, 0.05) is 43.8 Å². The van der Waals surface area contributed by atoms with E-state index in [0.717, 1.165) is 24.5 Å². The van der Waals surface area contributed by atoms with E-state index < -0.39 is 4.92 Å². The Labute approximate surface area is 143 Å². The largest absolute Gasteiger partial charge is 0.352 e. The molecule has 0 atom stereocenters. The Balaban J connectivity index is 1.56. The Bertz CT molecular complexity index is 764. The van der Waals surface area contributed by atoms with Gasteiger partial charge in [0.15, 0.2) is 0 Å². The summed E-state index contributed by atoms with van der Waals surface area (Å²) in [6.45, 7) is 1.46. The molecule has 1 N–H and O–H groups in total. The van der Waals surface area contributed by atoms with E-state index in [1.54, 1.807) is 0 Å². The molecule has 2 aromatic rings. The second kappa shape index (κ2) is 7.00. The maximum absolute atomic E-state index is 12.1. The van der Waals surface area contributed by atoms with Crippen LogP contribution in [-0.4, -0.2) is 26.9 Å². The molecule has 0 unspecified atom stereocenters. The zero-order valence-corrected chi connectivity index (χ0v) is 13.8. The van der Waals surface area contributed by atoms with Gasteiger partial charge in [-0.2, -0.15) is 0 Å². The number of hydrogen-bond acceptors (Lipinski definition) is 4. The van der Waals surface area contributed by atoms with Crippen LogP contribution in [-0.2, 0) is 19.4 Å². The van der Waals surface area contributed by atoms with Crippen molar-refractivity contribution >= 4 is 23.2 Å². The summed E-state index contributed by atoms with van der Waals surface area (Å²) in [7, 11) is 0. The number of rotatable bonds is 5. The van der Waals surface area contributed by atoms with Crippen LogP contribution in [0.2, 0.25) is 5.02 Å². The van der Waals surface area contributed by atoms with Crippen LogP contribution in [0.5, 0.6) is 0 Å². The number of nitrogens with one attached hydrogen (secondary N) is 1. The van der Waals surface area contributed by atoms with E-state index >= 15 is 0 Å². The molecule has 24 heavy (non-hydrogen) atoms. The van der Waals surface area contributed by atoms with E-state index in [0.29, 0.717) is 18.5 Å². The second-order valence-corrected chi connectivity index (χ2v) is 6.14. The Kier molecular flexibility index (Phi) is 4.80. The number of nitro benzene ring substituents is 1. The number of hydrogen-bond donors (Lipinski definition) is 1. The first-order valence-corrected chi connectivity index (χ1v) is 8.19. The molecule has 0 spiro atoms. The molecule has 2 heterocycles. The van der Waals surface area contributed by atoms with Crippen LogP contribution in [0.15, 0.2) is 24.4 Å². The number of amides is 1. The van der Waals surface area contributed by atoms with Crippen LogP contribution in [0.25, 0.3) is 0 Å². The van der Waals surface area contributed by atoms with Crippen molar-refractivity contribution in [2.45, 2.75) is 32.2 Å². The lowest BCUT2D eigenvalue weighted by Gasteiger charge is -2.11. The first-order chi connectivity index (χ1) is 11.5. The van der Waals surface area contributed by atoms with Crippen molar-refractivity contribution in [3.8, 4) is 0 Å². The zero-order valence-electron chi connectivity index (χ0n) is 13.0. The first-order valence-electron chi connectivity index (χ1n) is 7.81. The highest BCUT2D eigenvalue weighted by molar-refractivity contribution is 6.33. The molecule has 0 bridgehead atoms. The molecule has 0 saturated carbocycles. The number of carbonyl (C=O) groups is 1. The monoisotopic (exact) mass is 348 g/mol. The molecular weight excluding hydrogens is 332 g/mol. The molecule has 1 aromatic carbocycles. The summed E-state index contributed by atoms with van der Waals surface area (Å²) in [6, 6.07) is 3.94. The molecule has 8 heteroatoms. The zero-order chi connectivity index (χ0) is 17.1. The summed E-state index contributed by atoms with van der Waals surface area (Å²) in [5.41, 5.74) is 1.06. The molecular formula is C16H17ClN4O3. The molecule has 1 aliphatic rings. The van der Waals surface area contributed by atoms with E-state index in [2.05, 4.69) is 14.9 Å². The van der Waals surface area contributed by atoms with Crippen LogP contribution in [0.1, 0.15) is 34.7 Å². The molecule has 3 rings (SSSR count). The fourth-order valence-electron chi connectivity index (χ4n) is 2.79. The Morgan fingerprint density at radius 2 is 2.25 bits per heavy atom. The molecule has 1 amide bonds. The summed E-state index contributed by atoms with van der Waals surface area (Å²) in [4.78, 5) is 26.8. The standard InChI is InChI=1S/C16H17ClN4O3/c17-13-9-11(4-5-14(13)21(23)24)16(22)18-7-6-12-10-20-8-2-1-3-15(20)19-12/h4-5,9-10H,1-3,6-8H2,(H,18,22). The number of fused-ring (bicyclic) bond motifs is 1. The van der Waals surface area contributed by atoms with Crippen LogP contribution >= 0.6 is 11.6 Å². The van der Waals surface area contributed by atoms with E-state index in [4.69, 9.17) is 11.6 Å². The summed E-state index contributed by atoms with van der Waals surface area (Å²) < 4.78 is 2.18. The van der Waals surface area contributed by atoms with Crippen LogP contribution in [0.4, 0.5) is 5.69 Å². The number of aromatic nitrogens is 2. The van der Waals surface area contributed by atoms with Crippen LogP contribution in [0.3, 0.4) is 0 Å². The number of benzene rings is 1. The highest BCUT2D eigenvalue weighted by Gasteiger charge is 2.16. The number of aryl methyl sites for hydroxylation is 2. The van der Waals surface area contributed by atoms with Gasteiger partial charge in [-0.15, -0.1) is 0 Å². The Hall–Kier alpha value is -2.41. The second-order valence-electron chi connectivity index (χ2n) is 5.73. The highest BCUT2D eigenvalue weighted by Crippen LogP contribution is 2.24. The minimum absolute atomic E-state index is 0.0468. The SMILES string of the molecule is O=C(NCCc1cn2c(n1)CCCC2)c1ccc([N+](=O)[O-])c(Cl)c1. The van der Waals surface area contributed by atoms with Gasteiger partial charge in [0.25, 0.3) is 11.6 Å².